The summed E-state index contributed by atoms with van der Waals surface area (Å²) in [5.41, 5.74) is 2.94. The second-order valence-electron chi connectivity index (χ2n) is 6.45. The van der Waals surface area contributed by atoms with E-state index in [2.05, 4.69) is 44.0 Å². The third kappa shape index (κ3) is 3.00. The molecule has 5 heteroatoms. The molecule has 0 saturated carbocycles. The van der Waals surface area contributed by atoms with E-state index in [-0.39, 0.29) is 0 Å². The van der Waals surface area contributed by atoms with E-state index >= 15 is 0 Å². The van der Waals surface area contributed by atoms with Gasteiger partial charge in [0.15, 0.2) is 5.82 Å². The number of fused-ring (bicyclic) bond motifs is 1. The molecule has 1 aromatic carbocycles. The molecule has 2 aliphatic rings. The number of halogens is 1. The van der Waals surface area contributed by atoms with Gasteiger partial charge in [0.25, 0.3) is 0 Å². The number of aromatic nitrogens is 2. The van der Waals surface area contributed by atoms with Crippen LogP contribution in [0.25, 0.3) is 0 Å². The Hall–Kier alpha value is -1.81. The maximum absolute atomic E-state index is 6.21. The van der Waals surface area contributed by atoms with Crippen LogP contribution in [0.4, 0.5) is 11.5 Å². The van der Waals surface area contributed by atoms with Crippen LogP contribution in [0.15, 0.2) is 36.8 Å². The van der Waals surface area contributed by atoms with Crippen molar-refractivity contribution in [1.82, 2.24) is 9.97 Å². The van der Waals surface area contributed by atoms with Crippen molar-refractivity contribution >= 4 is 23.1 Å². The fraction of sp³-hybridized carbons (Fsp3) is 0.444. The molecule has 0 aliphatic carbocycles. The summed E-state index contributed by atoms with van der Waals surface area (Å²) in [5, 5.41) is 0.652. The summed E-state index contributed by atoms with van der Waals surface area (Å²) in [7, 11) is 0. The van der Waals surface area contributed by atoms with E-state index in [4.69, 9.17) is 11.6 Å². The summed E-state index contributed by atoms with van der Waals surface area (Å²) < 4.78 is 0. The van der Waals surface area contributed by atoms with Crippen LogP contribution in [-0.2, 0) is 6.42 Å². The highest BCUT2D eigenvalue weighted by Crippen LogP contribution is 2.31. The number of hydrogen-bond donors (Lipinski definition) is 0. The van der Waals surface area contributed by atoms with Crippen molar-refractivity contribution < 1.29 is 0 Å². The predicted octanol–water partition coefficient (Wildman–Crippen LogP) is 3.41. The van der Waals surface area contributed by atoms with Gasteiger partial charge >= 0.3 is 0 Å². The van der Waals surface area contributed by atoms with Crippen molar-refractivity contribution in [1.29, 1.82) is 0 Å². The molecule has 0 spiro atoms. The van der Waals surface area contributed by atoms with E-state index in [9.17, 15) is 0 Å². The topological polar surface area (TPSA) is 32.3 Å². The summed E-state index contributed by atoms with van der Waals surface area (Å²) >= 11 is 6.21. The van der Waals surface area contributed by atoms with Gasteiger partial charge < -0.3 is 9.80 Å². The summed E-state index contributed by atoms with van der Waals surface area (Å²) in [5.74, 6) is 1.63. The van der Waals surface area contributed by atoms with E-state index in [0.29, 0.717) is 5.02 Å². The average molecular weight is 329 g/mol. The largest absolute Gasteiger partial charge is 0.371 e. The minimum atomic E-state index is 0.652. The fourth-order valence-corrected chi connectivity index (χ4v) is 4.00. The second-order valence-corrected chi connectivity index (χ2v) is 6.86. The van der Waals surface area contributed by atoms with E-state index in [1.165, 1.54) is 37.1 Å². The zero-order valence-electron chi connectivity index (χ0n) is 13.2. The number of benzene rings is 1. The standard InChI is InChI=1S/C18H21ClN4/c19-16-11-20-13-21-18(16)22-8-5-14(6-9-22)12-23-10-7-15-3-1-2-4-17(15)23/h1-4,11,13-14H,5-10,12H2. The number of nitrogens with zero attached hydrogens (tertiary/aromatic N) is 4. The zero-order valence-corrected chi connectivity index (χ0v) is 13.9. The Morgan fingerprint density at radius 2 is 1.96 bits per heavy atom. The highest BCUT2D eigenvalue weighted by molar-refractivity contribution is 6.32. The first-order valence-electron chi connectivity index (χ1n) is 8.34. The molecule has 0 atom stereocenters. The number of para-hydroxylation sites is 1. The van der Waals surface area contributed by atoms with E-state index < -0.39 is 0 Å². The lowest BCUT2D eigenvalue weighted by atomic mass is 9.96. The molecule has 4 rings (SSSR count). The van der Waals surface area contributed by atoms with Gasteiger partial charge in [-0.25, -0.2) is 9.97 Å². The van der Waals surface area contributed by atoms with Crippen molar-refractivity contribution in [3.8, 4) is 0 Å². The van der Waals surface area contributed by atoms with Gasteiger partial charge in [-0.15, -0.1) is 0 Å². The van der Waals surface area contributed by atoms with Gasteiger partial charge in [0.2, 0.25) is 0 Å². The summed E-state index contributed by atoms with van der Waals surface area (Å²) in [6.45, 7) is 4.38. The molecule has 0 N–H and O–H groups in total. The lowest BCUT2D eigenvalue weighted by Gasteiger charge is -2.35. The first kappa shape index (κ1) is 14.8. The molecule has 1 saturated heterocycles. The normalized spacial score (nSPS) is 18.3. The maximum Gasteiger partial charge on any atom is 0.150 e. The molecule has 23 heavy (non-hydrogen) atoms. The summed E-state index contributed by atoms with van der Waals surface area (Å²) in [6, 6.07) is 8.82. The molecule has 1 aromatic heterocycles. The number of piperidine rings is 1. The molecule has 0 bridgehead atoms. The SMILES string of the molecule is Clc1cncnc1N1CCC(CN2CCc3ccccc32)CC1. The number of rotatable bonds is 3. The Kier molecular flexibility index (Phi) is 4.08. The fourth-order valence-electron chi connectivity index (χ4n) is 3.77. The van der Waals surface area contributed by atoms with Gasteiger partial charge in [-0.3, -0.25) is 0 Å². The van der Waals surface area contributed by atoms with Crippen molar-refractivity contribution in [3.63, 3.8) is 0 Å². The maximum atomic E-state index is 6.21. The van der Waals surface area contributed by atoms with E-state index in [1.54, 1.807) is 12.5 Å². The van der Waals surface area contributed by atoms with Gasteiger partial charge in [0.1, 0.15) is 11.3 Å². The van der Waals surface area contributed by atoms with Crippen LogP contribution in [0.5, 0.6) is 0 Å². The molecule has 0 radical (unpaired) electrons. The summed E-state index contributed by atoms with van der Waals surface area (Å²) in [6.07, 6.45) is 6.83. The van der Waals surface area contributed by atoms with Crippen LogP contribution in [0.2, 0.25) is 5.02 Å². The monoisotopic (exact) mass is 328 g/mol. The number of hydrogen-bond acceptors (Lipinski definition) is 4. The molecule has 3 heterocycles. The van der Waals surface area contributed by atoms with E-state index in [0.717, 1.165) is 31.4 Å². The Morgan fingerprint density at radius 1 is 1.13 bits per heavy atom. The van der Waals surface area contributed by atoms with Crippen molar-refractivity contribution in [2.45, 2.75) is 19.3 Å². The number of anilines is 2. The van der Waals surface area contributed by atoms with Crippen LogP contribution in [0, 0.1) is 5.92 Å². The second kappa shape index (κ2) is 6.36. The summed E-state index contributed by atoms with van der Waals surface area (Å²) in [4.78, 5) is 13.2. The molecule has 1 fully saturated rings. The van der Waals surface area contributed by atoms with Crippen LogP contribution < -0.4 is 9.80 Å². The zero-order chi connectivity index (χ0) is 15.6. The molecule has 4 nitrogen and oxygen atoms in total. The van der Waals surface area contributed by atoms with Gasteiger partial charge in [-0.2, -0.15) is 0 Å². The molecule has 0 amide bonds. The van der Waals surface area contributed by atoms with Gasteiger partial charge in [-0.05, 0) is 36.8 Å². The lowest BCUT2D eigenvalue weighted by molar-refractivity contribution is 0.404. The Morgan fingerprint density at radius 3 is 2.78 bits per heavy atom. The minimum Gasteiger partial charge on any atom is -0.371 e. The Bertz CT molecular complexity index is 682. The predicted molar refractivity (Wildman–Crippen MR) is 94.3 cm³/mol. The molecular formula is C18H21ClN4. The van der Waals surface area contributed by atoms with Crippen LogP contribution in [0.1, 0.15) is 18.4 Å². The minimum absolute atomic E-state index is 0.652. The van der Waals surface area contributed by atoms with Crippen molar-refractivity contribution in [2.75, 3.05) is 36.0 Å². The Balaban J connectivity index is 1.37. The quantitative estimate of drug-likeness (QED) is 0.864. The smallest absolute Gasteiger partial charge is 0.150 e. The van der Waals surface area contributed by atoms with Crippen LogP contribution in [0.3, 0.4) is 0 Å². The molecule has 120 valence electrons. The van der Waals surface area contributed by atoms with E-state index in [1.807, 2.05) is 0 Å². The van der Waals surface area contributed by atoms with Crippen molar-refractivity contribution in [2.24, 2.45) is 5.92 Å². The third-order valence-corrected chi connectivity index (χ3v) is 5.29. The lowest BCUT2D eigenvalue weighted by Crippen LogP contribution is -2.39. The van der Waals surface area contributed by atoms with Crippen molar-refractivity contribution in [3.05, 3.63) is 47.4 Å². The Labute approximate surface area is 142 Å². The average Bonchev–Trinajstić information content (AvgIpc) is 2.99. The van der Waals surface area contributed by atoms with Crippen LogP contribution in [-0.4, -0.2) is 36.1 Å². The van der Waals surface area contributed by atoms with Gasteiger partial charge in [-0.1, -0.05) is 29.8 Å². The van der Waals surface area contributed by atoms with Crippen LogP contribution >= 0.6 is 11.6 Å². The first-order chi connectivity index (χ1) is 11.3. The molecule has 2 aromatic rings. The van der Waals surface area contributed by atoms with Gasteiger partial charge in [0.05, 0.1) is 6.20 Å². The first-order valence-corrected chi connectivity index (χ1v) is 8.72. The molecule has 0 unspecified atom stereocenters. The highest BCUT2D eigenvalue weighted by Gasteiger charge is 2.26. The van der Waals surface area contributed by atoms with Gasteiger partial charge in [0, 0.05) is 31.9 Å². The third-order valence-electron chi connectivity index (χ3n) is 5.02. The molecule has 2 aliphatic heterocycles. The molecular weight excluding hydrogens is 308 g/mol. The highest BCUT2D eigenvalue weighted by atomic mass is 35.5.